The van der Waals surface area contributed by atoms with Crippen LogP contribution in [-0.2, 0) is 16.1 Å². The Hall–Kier alpha value is -4.19. The molecule has 0 aliphatic carbocycles. The predicted molar refractivity (Wildman–Crippen MR) is 144 cm³/mol. The first-order chi connectivity index (χ1) is 17.4. The number of aromatic nitrogens is 1. The zero-order valence-corrected chi connectivity index (χ0v) is 21.7. The summed E-state index contributed by atoms with van der Waals surface area (Å²) in [5.41, 5.74) is 4.69. The van der Waals surface area contributed by atoms with E-state index in [-0.39, 0.29) is 5.91 Å². The number of pyridine rings is 1. The minimum atomic E-state index is -0.407. The molecule has 0 saturated carbocycles. The highest BCUT2D eigenvalue weighted by molar-refractivity contribution is 6.03. The molecule has 6 heteroatoms. The van der Waals surface area contributed by atoms with Crippen LogP contribution >= 0.6 is 0 Å². The molecule has 4 rings (SSSR count). The topological polar surface area (TPSA) is 68.7 Å². The van der Waals surface area contributed by atoms with Gasteiger partial charge in [0.05, 0.1) is 26.3 Å². The minimum absolute atomic E-state index is 0.119. The van der Waals surface area contributed by atoms with Crippen LogP contribution in [0.3, 0.4) is 0 Å². The lowest BCUT2D eigenvalue weighted by Gasteiger charge is -2.22. The van der Waals surface area contributed by atoms with Gasteiger partial charge in [-0.2, -0.15) is 0 Å². The SMILES string of the molecule is CC.COC(=O)c1ccc2c(N(Cc3ccc(-c4ccc(OC)c(C)c4)cc3)C(C)=O)nccc2c1. The molecule has 0 fully saturated rings. The normalized spacial score (nSPS) is 10.3. The standard InChI is InChI=1S/C28H26N2O4.C2H6/c1-18-15-22(10-12-26(18)33-3)21-7-5-20(6-8-21)17-30(19(2)31)27-25-11-9-24(28(32)34-4)16-23(25)13-14-29-27;1-2/h5-16H,17H2,1-4H3;1-2H3. The van der Waals surface area contributed by atoms with Crippen molar-refractivity contribution in [2.45, 2.75) is 34.2 Å². The van der Waals surface area contributed by atoms with E-state index in [1.54, 1.807) is 36.4 Å². The predicted octanol–water partition coefficient (Wildman–Crippen LogP) is 6.58. The molecule has 1 heterocycles. The first-order valence-corrected chi connectivity index (χ1v) is 11.9. The van der Waals surface area contributed by atoms with Gasteiger partial charge in [0.2, 0.25) is 5.91 Å². The molecule has 0 saturated heterocycles. The number of nitrogens with zero attached hydrogens (tertiary/aromatic N) is 2. The highest BCUT2D eigenvalue weighted by Crippen LogP contribution is 2.29. The second-order valence-corrected chi connectivity index (χ2v) is 8.05. The van der Waals surface area contributed by atoms with E-state index in [2.05, 4.69) is 11.1 Å². The molecule has 0 aliphatic rings. The van der Waals surface area contributed by atoms with E-state index in [0.717, 1.165) is 38.8 Å². The molecule has 0 spiro atoms. The molecule has 1 amide bonds. The molecule has 1 aromatic heterocycles. The first-order valence-electron chi connectivity index (χ1n) is 11.9. The second-order valence-electron chi connectivity index (χ2n) is 8.05. The molecule has 3 aromatic carbocycles. The van der Waals surface area contributed by atoms with Crippen molar-refractivity contribution in [2.75, 3.05) is 19.1 Å². The number of esters is 1. The van der Waals surface area contributed by atoms with E-state index in [4.69, 9.17) is 9.47 Å². The fourth-order valence-electron chi connectivity index (χ4n) is 4.00. The number of fused-ring (bicyclic) bond motifs is 1. The van der Waals surface area contributed by atoms with Gasteiger partial charge in [-0.05, 0) is 71.0 Å². The highest BCUT2D eigenvalue weighted by atomic mass is 16.5. The number of hydrogen-bond acceptors (Lipinski definition) is 5. The molecule has 0 unspecified atom stereocenters. The third-order valence-corrected chi connectivity index (χ3v) is 5.82. The van der Waals surface area contributed by atoms with Crippen molar-refractivity contribution >= 4 is 28.5 Å². The number of methoxy groups -OCH3 is 2. The number of anilines is 1. The Morgan fingerprint density at radius 2 is 1.58 bits per heavy atom. The van der Waals surface area contributed by atoms with E-state index in [1.165, 1.54) is 14.0 Å². The van der Waals surface area contributed by atoms with Crippen molar-refractivity contribution in [3.8, 4) is 16.9 Å². The number of benzene rings is 3. The summed E-state index contributed by atoms with van der Waals surface area (Å²) in [6.07, 6.45) is 1.64. The summed E-state index contributed by atoms with van der Waals surface area (Å²) in [5, 5.41) is 1.60. The number of carbonyl (C=O) groups excluding carboxylic acids is 2. The molecule has 36 heavy (non-hydrogen) atoms. The molecule has 186 valence electrons. The molecule has 0 N–H and O–H groups in total. The number of amides is 1. The van der Waals surface area contributed by atoms with E-state index in [1.807, 2.05) is 63.2 Å². The molecule has 6 nitrogen and oxygen atoms in total. The van der Waals surface area contributed by atoms with Crippen molar-refractivity contribution < 1.29 is 19.1 Å². The Bertz CT molecular complexity index is 1360. The smallest absolute Gasteiger partial charge is 0.337 e. The maximum absolute atomic E-state index is 12.6. The van der Waals surface area contributed by atoms with E-state index in [9.17, 15) is 9.59 Å². The zero-order valence-electron chi connectivity index (χ0n) is 21.7. The lowest BCUT2D eigenvalue weighted by molar-refractivity contribution is -0.116. The lowest BCUT2D eigenvalue weighted by Crippen LogP contribution is -2.28. The Kier molecular flexibility index (Phi) is 8.79. The van der Waals surface area contributed by atoms with Crippen molar-refractivity contribution in [3.63, 3.8) is 0 Å². The summed E-state index contributed by atoms with van der Waals surface area (Å²) in [6.45, 7) is 7.92. The molecule has 4 aromatic rings. The quantitative estimate of drug-likeness (QED) is 0.289. The summed E-state index contributed by atoms with van der Waals surface area (Å²) in [4.78, 5) is 30.6. The van der Waals surface area contributed by atoms with Crippen molar-refractivity contribution in [2.24, 2.45) is 0 Å². The summed E-state index contributed by atoms with van der Waals surface area (Å²) in [6, 6.07) is 21.3. The number of rotatable bonds is 6. The lowest BCUT2D eigenvalue weighted by atomic mass is 10.0. The monoisotopic (exact) mass is 484 g/mol. The van der Waals surface area contributed by atoms with E-state index >= 15 is 0 Å². The van der Waals surface area contributed by atoms with E-state index < -0.39 is 5.97 Å². The Morgan fingerprint density at radius 1 is 0.889 bits per heavy atom. The summed E-state index contributed by atoms with van der Waals surface area (Å²) in [5.74, 6) is 0.887. The van der Waals surface area contributed by atoms with Crippen LogP contribution in [0, 0.1) is 6.92 Å². The van der Waals surface area contributed by atoms with Gasteiger partial charge in [0, 0.05) is 18.5 Å². The molecule has 0 radical (unpaired) electrons. The van der Waals surface area contributed by atoms with Crippen LogP contribution in [0.4, 0.5) is 5.82 Å². The average molecular weight is 485 g/mol. The van der Waals surface area contributed by atoms with Gasteiger partial charge in [-0.15, -0.1) is 0 Å². The van der Waals surface area contributed by atoms with Gasteiger partial charge in [0.1, 0.15) is 11.6 Å². The number of ether oxygens (including phenoxy) is 2. The van der Waals surface area contributed by atoms with Gasteiger partial charge in [0.15, 0.2) is 0 Å². The number of carbonyl (C=O) groups is 2. The van der Waals surface area contributed by atoms with Crippen LogP contribution < -0.4 is 9.64 Å². The fourth-order valence-corrected chi connectivity index (χ4v) is 4.00. The highest BCUT2D eigenvalue weighted by Gasteiger charge is 2.18. The number of hydrogen-bond donors (Lipinski definition) is 0. The van der Waals surface area contributed by atoms with Crippen LogP contribution in [0.15, 0.2) is 72.9 Å². The van der Waals surface area contributed by atoms with Gasteiger partial charge >= 0.3 is 5.97 Å². The average Bonchev–Trinajstić information content (AvgIpc) is 2.92. The van der Waals surface area contributed by atoms with Crippen LogP contribution in [0.2, 0.25) is 0 Å². The zero-order chi connectivity index (χ0) is 26.2. The van der Waals surface area contributed by atoms with Gasteiger partial charge in [0.25, 0.3) is 0 Å². The number of aryl methyl sites for hydroxylation is 1. The Balaban J connectivity index is 0.00000176. The largest absolute Gasteiger partial charge is 0.496 e. The van der Waals surface area contributed by atoms with Gasteiger partial charge in [-0.3, -0.25) is 9.69 Å². The molecule has 0 atom stereocenters. The van der Waals surface area contributed by atoms with Gasteiger partial charge in [-0.1, -0.05) is 44.2 Å². The Labute approximate surface area is 212 Å². The fraction of sp³-hybridized carbons (Fsp3) is 0.233. The van der Waals surface area contributed by atoms with Crippen LogP contribution in [0.1, 0.15) is 42.3 Å². The first kappa shape index (κ1) is 26.4. The summed E-state index contributed by atoms with van der Waals surface area (Å²) < 4.78 is 10.2. The van der Waals surface area contributed by atoms with Gasteiger partial charge in [-0.25, -0.2) is 9.78 Å². The van der Waals surface area contributed by atoms with Crippen LogP contribution in [-0.4, -0.2) is 31.1 Å². The third-order valence-electron chi connectivity index (χ3n) is 5.82. The maximum atomic E-state index is 12.6. The van der Waals surface area contributed by atoms with Crippen LogP contribution in [0.5, 0.6) is 5.75 Å². The summed E-state index contributed by atoms with van der Waals surface area (Å²) in [7, 11) is 3.02. The van der Waals surface area contributed by atoms with Crippen molar-refractivity contribution in [3.05, 3.63) is 89.6 Å². The van der Waals surface area contributed by atoms with Gasteiger partial charge < -0.3 is 9.47 Å². The van der Waals surface area contributed by atoms with Crippen LogP contribution in [0.25, 0.3) is 21.9 Å². The minimum Gasteiger partial charge on any atom is -0.496 e. The molecule has 0 aliphatic heterocycles. The Morgan fingerprint density at radius 3 is 2.19 bits per heavy atom. The molecular formula is C30H32N2O4. The molecular weight excluding hydrogens is 452 g/mol. The van der Waals surface area contributed by atoms with Crippen molar-refractivity contribution in [1.29, 1.82) is 0 Å². The molecule has 0 bridgehead atoms. The van der Waals surface area contributed by atoms with Crippen molar-refractivity contribution in [1.82, 2.24) is 4.98 Å². The van der Waals surface area contributed by atoms with E-state index in [0.29, 0.717) is 17.9 Å². The maximum Gasteiger partial charge on any atom is 0.337 e. The second kappa shape index (κ2) is 12.0. The summed E-state index contributed by atoms with van der Waals surface area (Å²) >= 11 is 0. The third kappa shape index (κ3) is 5.71.